The van der Waals surface area contributed by atoms with Gasteiger partial charge in [-0.3, -0.25) is 14.5 Å². The molecule has 3 heterocycles. The van der Waals surface area contributed by atoms with Crippen LogP contribution in [0.2, 0.25) is 0 Å². The normalized spacial score (nSPS) is 20.5. The Labute approximate surface area is 155 Å². The number of carbonyl (C=O) groups is 2. The second-order valence-corrected chi connectivity index (χ2v) is 7.49. The van der Waals surface area contributed by atoms with Crippen molar-refractivity contribution in [3.05, 3.63) is 24.3 Å². The highest BCUT2D eigenvalue weighted by Crippen LogP contribution is 2.30. The van der Waals surface area contributed by atoms with Crippen LogP contribution in [0.15, 0.2) is 29.4 Å². The molecule has 2 aromatic rings. The van der Waals surface area contributed by atoms with Gasteiger partial charge >= 0.3 is 0 Å². The smallest absolute Gasteiger partial charge is 0.276 e. The van der Waals surface area contributed by atoms with Crippen molar-refractivity contribution in [3.8, 4) is 0 Å². The van der Waals surface area contributed by atoms with E-state index in [9.17, 15) is 9.59 Å². The van der Waals surface area contributed by atoms with Crippen LogP contribution in [0.25, 0.3) is 10.2 Å². The Balaban J connectivity index is 1.66. The maximum Gasteiger partial charge on any atom is 0.276 e. The lowest BCUT2D eigenvalue weighted by Gasteiger charge is -2.26. The van der Waals surface area contributed by atoms with Gasteiger partial charge in [0.2, 0.25) is 5.91 Å². The van der Waals surface area contributed by atoms with Crippen LogP contribution >= 0.6 is 11.3 Å². The van der Waals surface area contributed by atoms with Gasteiger partial charge in [-0.2, -0.15) is 5.10 Å². The fourth-order valence-electron chi connectivity index (χ4n) is 3.19. The minimum absolute atomic E-state index is 0.00881. The number of hydrogen-bond acceptors (Lipinski definition) is 6. The molecule has 0 saturated carbocycles. The van der Waals surface area contributed by atoms with E-state index in [1.54, 1.807) is 11.9 Å². The largest absolute Gasteiger partial charge is 0.376 e. The summed E-state index contributed by atoms with van der Waals surface area (Å²) in [6, 6.07) is 7.83. The number of thiazole rings is 1. The van der Waals surface area contributed by atoms with E-state index in [4.69, 9.17) is 4.74 Å². The molecular formula is C18H20N4O3S. The third kappa shape index (κ3) is 3.34. The molecule has 2 amide bonds. The van der Waals surface area contributed by atoms with Crippen molar-refractivity contribution in [2.24, 2.45) is 5.10 Å². The van der Waals surface area contributed by atoms with Gasteiger partial charge in [-0.25, -0.2) is 9.99 Å². The average Bonchev–Trinajstić information content (AvgIpc) is 3.30. The summed E-state index contributed by atoms with van der Waals surface area (Å²) in [5.41, 5.74) is 1.26. The number of aromatic nitrogens is 1. The zero-order valence-electron chi connectivity index (χ0n) is 14.6. The molecule has 136 valence electrons. The molecule has 2 aliphatic rings. The summed E-state index contributed by atoms with van der Waals surface area (Å²) in [7, 11) is 1.58. The Morgan fingerprint density at radius 3 is 2.96 bits per heavy atom. The SMILES string of the molecule is CN1N=C(C(=O)N(CC2CCCO2)c2nc3ccccc3s2)CCC1=O. The van der Waals surface area contributed by atoms with Crippen molar-refractivity contribution in [2.75, 3.05) is 25.1 Å². The van der Waals surface area contributed by atoms with Gasteiger partial charge in [0.05, 0.1) is 22.9 Å². The van der Waals surface area contributed by atoms with Crippen LogP contribution in [-0.4, -0.2) is 53.8 Å². The Hall–Kier alpha value is -2.32. The molecule has 0 spiro atoms. The molecule has 26 heavy (non-hydrogen) atoms. The fraction of sp³-hybridized carbons (Fsp3) is 0.444. The Morgan fingerprint density at radius 1 is 1.38 bits per heavy atom. The quantitative estimate of drug-likeness (QED) is 0.826. The minimum atomic E-state index is -0.195. The standard InChI is InChI=1S/C18H20N4O3S/c1-21-16(23)9-8-14(20-21)17(24)22(11-12-5-4-10-25-12)18-19-13-6-2-3-7-15(13)26-18/h2-3,6-7,12H,4-5,8-11H2,1H3. The molecule has 1 aromatic carbocycles. The van der Waals surface area contributed by atoms with E-state index in [1.807, 2.05) is 24.3 Å². The number of nitrogens with zero attached hydrogens (tertiary/aromatic N) is 4. The van der Waals surface area contributed by atoms with Gasteiger partial charge in [0.15, 0.2) is 5.13 Å². The Morgan fingerprint density at radius 2 is 2.23 bits per heavy atom. The highest BCUT2D eigenvalue weighted by atomic mass is 32.1. The van der Waals surface area contributed by atoms with Crippen LogP contribution in [0.1, 0.15) is 25.7 Å². The van der Waals surface area contributed by atoms with Crippen molar-refractivity contribution < 1.29 is 14.3 Å². The number of fused-ring (bicyclic) bond motifs is 1. The van der Waals surface area contributed by atoms with Crippen molar-refractivity contribution in [1.29, 1.82) is 0 Å². The maximum atomic E-state index is 13.2. The number of amides is 2. The topological polar surface area (TPSA) is 75.1 Å². The fourth-order valence-corrected chi connectivity index (χ4v) is 4.17. The number of carbonyl (C=O) groups excluding carboxylic acids is 2. The first-order chi connectivity index (χ1) is 12.6. The zero-order chi connectivity index (χ0) is 18.1. The van der Waals surface area contributed by atoms with Gasteiger partial charge in [-0.15, -0.1) is 0 Å². The van der Waals surface area contributed by atoms with E-state index >= 15 is 0 Å². The molecule has 0 N–H and O–H groups in total. The first-order valence-electron chi connectivity index (χ1n) is 8.75. The summed E-state index contributed by atoms with van der Waals surface area (Å²) >= 11 is 1.49. The van der Waals surface area contributed by atoms with Gasteiger partial charge in [-0.05, 0) is 25.0 Å². The van der Waals surface area contributed by atoms with Gasteiger partial charge < -0.3 is 4.74 Å². The second kappa shape index (κ2) is 7.13. The number of ether oxygens (including phenoxy) is 1. The number of hydrogen-bond donors (Lipinski definition) is 0. The highest BCUT2D eigenvalue weighted by Gasteiger charge is 2.31. The lowest BCUT2D eigenvalue weighted by Crippen LogP contribution is -2.44. The van der Waals surface area contributed by atoms with Gasteiger partial charge in [0.1, 0.15) is 5.71 Å². The summed E-state index contributed by atoms with van der Waals surface area (Å²) in [5, 5.41) is 6.08. The maximum absolute atomic E-state index is 13.2. The predicted octanol–water partition coefficient (Wildman–Crippen LogP) is 2.42. The van der Waals surface area contributed by atoms with E-state index < -0.39 is 0 Å². The molecule has 0 aliphatic carbocycles. The number of hydrazone groups is 1. The van der Waals surface area contributed by atoms with E-state index in [-0.39, 0.29) is 17.9 Å². The Bertz CT molecular complexity index is 839. The molecule has 7 nitrogen and oxygen atoms in total. The Kier molecular flexibility index (Phi) is 4.69. The summed E-state index contributed by atoms with van der Waals surface area (Å²) in [6.07, 6.45) is 2.60. The van der Waals surface area contributed by atoms with Crippen LogP contribution in [-0.2, 0) is 14.3 Å². The highest BCUT2D eigenvalue weighted by molar-refractivity contribution is 7.22. The molecule has 4 rings (SSSR count). The predicted molar refractivity (Wildman–Crippen MR) is 100 cm³/mol. The summed E-state index contributed by atoms with van der Waals surface area (Å²) < 4.78 is 6.77. The van der Waals surface area contributed by atoms with E-state index in [2.05, 4.69) is 10.1 Å². The van der Waals surface area contributed by atoms with Gasteiger partial charge in [0, 0.05) is 26.5 Å². The molecule has 1 fully saturated rings. The van der Waals surface area contributed by atoms with Crippen LogP contribution < -0.4 is 4.90 Å². The number of para-hydroxylation sites is 1. The van der Waals surface area contributed by atoms with E-state index in [1.165, 1.54) is 16.3 Å². The third-order valence-electron chi connectivity index (χ3n) is 4.62. The van der Waals surface area contributed by atoms with Crippen molar-refractivity contribution in [3.63, 3.8) is 0 Å². The summed E-state index contributed by atoms with van der Waals surface area (Å²) in [4.78, 5) is 31.2. The molecule has 1 aromatic heterocycles. The minimum Gasteiger partial charge on any atom is -0.376 e. The average molecular weight is 372 g/mol. The van der Waals surface area contributed by atoms with Gasteiger partial charge in [0.25, 0.3) is 5.91 Å². The van der Waals surface area contributed by atoms with E-state index in [0.717, 1.165) is 29.7 Å². The van der Waals surface area contributed by atoms with Crippen LogP contribution in [0.4, 0.5) is 5.13 Å². The van der Waals surface area contributed by atoms with Crippen LogP contribution in [0, 0.1) is 0 Å². The lowest BCUT2D eigenvalue weighted by atomic mass is 10.1. The molecule has 0 radical (unpaired) electrons. The molecular weight excluding hydrogens is 352 g/mol. The first kappa shape index (κ1) is 17.1. The van der Waals surface area contributed by atoms with Crippen molar-refractivity contribution >= 4 is 44.2 Å². The number of anilines is 1. The molecule has 1 saturated heterocycles. The summed E-state index contributed by atoms with van der Waals surface area (Å²) in [5.74, 6) is -0.272. The molecule has 8 heteroatoms. The lowest BCUT2D eigenvalue weighted by molar-refractivity contribution is -0.130. The molecule has 0 bridgehead atoms. The number of benzene rings is 1. The zero-order valence-corrected chi connectivity index (χ0v) is 15.4. The third-order valence-corrected chi connectivity index (χ3v) is 5.68. The van der Waals surface area contributed by atoms with Crippen LogP contribution in [0.3, 0.4) is 0 Å². The molecule has 1 unspecified atom stereocenters. The van der Waals surface area contributed by atoms with Crippen molar-refractivity contribution in [1.82, 2.24) is 9.99 Å². The monoisotopic (exact) mass is 372 g/mol. The second-order valence-electron chi connectivity index (χ2n) is 6.48. The number of rotatable bonds is 4. The van der Waals surface area contributed by atoms with Gasteiger partial charge in [-0.1, -0.05) is 23.5 Å². The van der Waals surface area contributed by atoms with E-state index in [0.29, 0.717) is 30.2 Å². The summed E-state index contributed by atoms with van der Waals surface area (Å²) in [6.45, 7) is 1.18. The molecule has 2 aliphatic heterocycles. The van der Waals surface area contributed by atoms with Crippen molar-refractivity contribution in [2.45, 2.75) is 31.8 Å². The first-order valence-corrected chi connectivity index (χ1v) is 9.56. The molecule has 1 atom stereocenters. The van der Waals surface area contributed by atoms with Crippen LogP contribution in [0.5, 0.6) is 0 Å².